The Kier molecular flexibility index (Phi) is 8.74. The summed E-state index contributed by atoms with van der Waals surface area (Å²) >= 11 is 8.88. The van der Waals surface area contributed by atoms with Gasteiger partial charge in [-0.3, -0.25) is 4.79 Å². The lowest BCUT2D eigenvalue weighted by Crippen LogP contribution is -2.16. The van der Waals surface area contributed by atoms with Gasteiger partial charge in [-0.05, 0) is 66.7 Å². The van der Waals surface area contributed by atoms with E-state index >= 15 is 0 Å². The van der Waals surface area contributed by atoms with Gasteiger partial charge in [-0.1, -0.05) is 11.6 Å². The predicted molar refractivity (Wildman–Crippen MR) is 118 cm³/mol. The van der Waals surface area contributed by atoms with E-state index in [9.17, 15) is 9.59 Å². The van der Waals surface area contributed by atoms with E-state index in [4.69, 9.17) is 30.5 Å². The van der Waals surface area contributed by atoms with Gasteiger partial charge in [0.15, 0.2) is 18.3 Å². The molecule has 0 unspecified atom stereocenters. The monoisotopic (exact) mass is 460 g/mol. The van der Waals surface area contributed by atoms with Crippen LogP contribution in [0, 0.1) is 0 Å². The van der Waals surface area contributed by atoms with Gasteiger partial charge in [0.25, 0.3) is 5.91 Å². The van der Waals surface area contributed by atoms with E-state index in [1.54, 1.807) is 43.5 Å². The van der Waals surface area contributed by atoms with Crippen LogP contribution in [0.3, 0.4) is 0 Å². The predicted octanol–water partition coefficient (Wildman–Crippen LogP) is 4.37. The molecule has 3 rings (SSSR count). The number of carbonyl (C=O) groups excluding carboxylic acids is 1. The van der Waals surface area contributed by atoms with Crippen LogP contribution in [0.25, 0.3) is 0 Å². The summed E-state index contributed by atoms with van der Waals surface area (Å²) in [5, 5.41) is 12.0. The molecule has 0 bridgehead atoms. The highest BCUT2D eigenvalue weighted by Gasteiger charge is 2.14. The van der Waals surface area contributed by atoms with Crippen LogP contribution in [0.2, 0.25) is 5.02 Å². The number of hydrogen-bond acceptors (Lipinski definition) is 7. The molecule has 3 N–H and O–H groups in total. The summed E-state index contributed by atoms with van der Waals surface area (Å²) in [4.78, 5) is 29.2. The quantitative estimate of drug-likeness (QED) is 0.445. The lowest BCUT2D eigenvalue weighted by Gasteiger charge is -2.13. The molecule has 3 aromatic carbocycles. The largest absolute Gasteiger partial charge is 0.497 e. The zero-order valence-corrected chi connectivity index (χ0v) is 17.7. The third-order valence-electron chi connectivity index (χ3n) is 3.95. The molecule has 0 saturated carbocycles. The molecular formula is C21H17ClN2O6S. The Morgan fingerprint density at radius 2 is 1.55 bits per heavy atom. The molecule has 0 aliphatic carbocycles. The van der Waals surface area contributed by atoms with Crippen molar-refractivity contribution in [1.82, 2.24) is 0 Å². The molecule has 0 aliphatic rings. The standard InChI is InChI=1S/C21H17ClN2O5.OS/c1-28-16-7-9-17(10-8-16)29-24-19-11-4-14(22)12-18(19)20(25)23-15-5-2-13(3-6-15)21(26)27;1-2/h2-12,24H,1H3,(H,23,25)(H,26,27);. The molecule has 31 heavy (non-hydrogen) atoms. The summed E-state index contributed by atoms with van der Waals surface area (Å²) in [6, 6.07) is 17.5. The Labute approximate surface area is 188 Å². The molecule has 0 aliphatic heterocycles. The minimum Gasteiger partial charge on any atom is -0.497 e. The number of methoxy groups -OCH3 is 1. The van der Waals surface area contributed by atoms with E-state index in [0.717, 1.165) is 0 Å². The SMILES string of the molecule is COc1ccc(ONc2ccc(Cl)cc2C(=O)Nc2ccc(C(=O)O)cc2)cc1.O=S. The Morgan fingerprint density at radius 1 is 0.935 bits per heavy atom. The summed E-state index contributed by atoms with van der Waals surface area (Å²) in [7, 11) is 1.57. The van der Waals surface area contributed by atoms with Gasteiger partial charge >= 0.3 is 5.97 Å². The van der Waals surface area contributed by atoms with Crippen molar-refractivity contribution in [2.45, 2.75) is 0 Å². The smallest absolute Gasteiger partial charge is 0.335 e. The number of carboxylic acid groups (broad SMARTS) is 1. The maximum Gasteiger partial charge on any atom is 0.335 e. The Morgan fingerprint density at radius 3 is 2.13 bits per heavy atom. The van der Waals surface area contributed by atoms with Gasteiger partial charge in [0, 0.05) is 10.7 Å². The third kappa shape index (κ3) is 6.66. The van der Waals surface area contributed by atoms with E-state index in [2.05, 4.69) is 23.3 Å². The van der Waals surface area contributed by atoms with Gasteiger partial charge < -0.3 is 20.0 Å². The highest BCUT2D eigenvalue weighted by atomic mass is 35.5. The van der Waals surface area contributed by atoms with Crippen LogP contribution in [0.1, 0.15) is 20.7 Å². The summed E-state index contributed by atoms with van der Waals surface area (Å²) in [6.07, 6.45) is 0. The van der Waals surface area contributed by atoms with Gasteiger partial charge in [-0.2, -0.15) is 4.21 Å². The topological polar surface area (TPSA) is 114 Å². The van der Waals surface area contributed by atoms with Crippen LogP contribution >= 0.6 is 11.6 Å². The molecule has 0 spiro atoms. The number of hydrogen-bond donors (Lipinski definition) is 3. The number of rotatable bonds is 7. The van der Waals surface area contributed by atoms with Crippen molar-refractivity contribution in [3.63, 3.8) is 0 Å². The molecule has 0 heterocycles. The Balaban J connectivity index is 0.00000166. The van der Waals surface area contributed by atoms with E-state index in [0.29, 0.717) is 27.9 Å². The third-order valence-corrected chi connectivity index (χ3v) is 4.19. The number of carbonyl (C=O) groups is 2. The molecule has 160 valence electrons. The highest BCUT2D eigenvalue weighted by Crippen LogP contribution is 2.24. The second kappa shape index (κ2) is 11.5. The highest BCUT2D eigenvalue weighted by molar-refractivity contribution is 7.44. The Bertz CT molecular complexity index is 1040. The van der Waals surface area contributed by atoms with Crippen LogP contribution in [0.4, 0.5) is 11.4 Å². The fraction of sp³-hybridized carbons (Fsp3) is 0.0476. The minimum absolute atomic E-state index is 0.126. The average Bonchev–Trinajstić information content (AvgIpc) is 2.80. The molecule has 0 aromatic heterocycles. The maximum atomic E-state index is 12.7. The number of aromatic carboxylic acids is 1. The van der Waals surface area contributed by atoms with Crippen LogP contribution in [0.5, 0.6) is 11.5 Å². The van der Waals surface area contributed by atoms with Crippen LogP contribution in [-0.4, -0.2) is 28.3 Å². The van der Waals surface area contributed by atoms with Gasteiger partial charge in [-0.25, -0.2) is 10.3 Å². The normalized spacial score (nSPS) is 9.61. The Hall–Kier alpha value is -3.69. The van der Waals surface area contributed by atoms with Crippen LogP contribution in [-0.2, 0) is 12.5 Å². The molecule has 1 amide bonds. The number of carboxylic acids is 1. The van der Waals surface area contributed by atoms with Crippen LogP contribution in [0.15, 0.2) is 66.7 Å². The summed E-state index contributed by atoms with van der Waals surface area (Å²) < 4.78 is 12.9. The summed E-state index contributed by atoms with van der Waals surface area (Å²) in [5.74, 6) is -0.259. The van der Waals surface area contributed by atoms with Gasteiger partial charge in [-0.15, -0.1) is 0 Å². The van der Waals surface area contributed by atoms with E-state index < -0.39 is 11.9 Å². The van der Waals surface area contributed by atoms with Gasteiger partial charge in [0.05, 0.1) is 23.9 Å². The van der Waals surface area contributed by atoms with E-state index in [1.165, 1.54) is 30.3 Å². The maximum absolute atomic E-state index is 12.7. The zero-order valence-electron chi connectivity index (χ0n) is 16.1. The number of amides is 1. The van der Waals surface area contributed by atoms with Crippen molar-refractivity contribution in [3.05, 3.63) is 82.9 Å². The first-order valence-electron chi connectivity index (χ1n) is 8.64. The first kappa shape index (κ1) is 23.6. The number of nitrogens with one attached hydrogen (secondary N) is 2. The number of halogens is 1. The minimum atomic E-state index is -1.04. The zero-order chi connectivity index (χ0) is 22.8. The van der Waals surface area contributed by atoms with Crippen molar-refractivity contribution in [2.24, 2.45) is 0 Å². The lowest BCUT2D eigenvalue weighted by atomic mass is 10.1. The van der Waals surface area contributed by atoms with Gasteiger partial charge in [0.1, 0.15) is 5.75 Å². The van der Waals surface area contributed by atoms with E-state index in [-0.39, 0.29) is 11.1 Å². The van der Waals surface area contributed by atoms with Crippen molar-refractivity contribution in [3.8, 4) is 11.5 Å². The first-order valence-corrected chi connectivity index (χ1v) is 9.35. The average molecular weight is 461 g/mol. The molecule has 3 aromatic rings. The van der Waals surface area contributed by atoms with Crippen molar-refractivity contribution >= 4 is 47.4 Å². The molecule has 8 nitrogen and oxygen atoms in total. The number of anilines is 2. The van der Waals surface area contributed by atoms with Crippen molar-refractivity contribution < 1.29 is 28.5 Å². The molecular weight excluding hydrogens is 444 g/mol. The molecule has 0 saturated heterocycles. The first-order chi connectivity index (χ1) is 15.0. The number of benzene rings is 3. The molecule has 0 atom stereocenters. The summed E-state index contributed by atoms with van der Waals surface area (Å²) in [5.41, 5.74) is 3.98. The second-order valence-electron chi connectivity index (χ2n) is 5.91. The number of ether oxygens (including phenoxy) is 1. The second-order valence-corrected chi connectivity index (χ2v) is 6.34. The molecule has 0 fully saturated rings. The van der Waals surface area contributed by atoms with Crippen molar-refractivity contribution in [2.75, 3.05) is 17.9 Å². The van der Waals surface area contributed by atoms with Gasteiger partial charge in [0.2, 0.25) is 0 Å². The molecule has 10 heteroatoms. The van der Waals surface area contributed by atoms with E-state index in [1.807, 2.05) is 0 Å². The fourth-order valence-corrected chi connectivity index (χ4v) is 2.62. The van der Waals surface area contributed by atoms with Crippen molar-refractivity contribution in [1.29, 1.82) is 0 Å². The molecule has 0 radical (unpaired) electrons. The van der Waals surface area contributed by atoms with Crippen LogP contribution < -0.4 is 20.4 Å². The fourth-order valence-electron chi connectivity index (χ4n) is 2.45. The summed E-state index contributed by atoms with van der Waals surface area (Å²) in [6.45, 7) is 0. The lowest BCUT2D eigenvalue weighted by molar-refractivity contribution is 0.0696.